The zero-order chi connectivity index (χ0) is 20.5. The number of benzene rings is 2. The summed E-state index contributed by atoms with van der Waals surface area (Å²) in [6, 6.07) is 18.4. The summed E-state index contributed by atoms with van der Waals surface area (Å²) in [4.78, 5) is 22.1. The minimum Gasteiger partial charge on any atom is -0.338 e. The molecule has 0 radical (unpaired) electrons. The first kappa shape index (κ1) is 19.3. The standard InChI is InChI=1S/C24H25ClN4O/c25-20-9-7-19(8-10-20)16-28-12-4-13-29-22-11-14-27(15-18-5-2-1-3-6-18)17-21(22)23(30)26-24(28)29/h1-3,5-10H,4,11-17H2. The molecule has 6 heteroatoms. The van der Waals surface area contributed by atoms with Crippen LogP contribution in [0.15, 0.2) is 59.4 Å². The average Bonchev–Trinajstić information content (AvgIpc) is 2.77. The highest BCUT2D eigenvalue weighted by atomic mass is 35.5. The van der Waals surface area contributed by atoms with E-state index in [1.54, 1.807) is 0 Å². The lowest BCUT2D eigenvalue weighted by molar-refractivity contribution is 0.237. The molecule has 0 saturated carbocycles. The molecule has 2 aliphatic heterocycles. The van der Waals surface area contributed by atoms with Crippen molar-refractivity contribution in [1.82, 2.24) is 14.5 Å². The summed E-state index contributed by atoms with van der Waals surface area (Å²) >= 11 is 6.02. The van der Waals surface area contributed by atoms with Crippen LogP contribution in [-0.2, 0) is 32.6 Å². The quantitative estimate of drug-likeness (QED) is 0.642. The van der Waals surface area contributed by atoms with E-state index in [0.29, 0.717) is 6.54 Å². The van der Waals surface area contributed by atoms with E-state index in [1.165, 1.54) is 16.8 Å². The van der Waals surface area contributed by atoms with E-state index in [2.05, 4.69) is 43.6 Å². The fourth-order valence-electron chi connectivity index (χ4n) is 4.57. The zero-order valence-electron chi connectivity index (χ0n) is 16.9. The molecule has 0 bridgehead atoms. The van der Waals surface area contributed by atoms with Crippen molar-refractivity contribution in [3.05, 3.63) is 92.4 Å². The van der Waals surface area contributed by atoms with E-state index in [0.717, 1.165) is 62.1 Å². The molecule has 1 aromatic heterocycles. The maximum atomic E-state index is 13.0. The molecule has 30 heavy (non-hydrogen) atoms. The van der Waals surface area contributed by atoms with Gasteiger partial charge in [0.15, 0.2) is 0 Å². The summed E-state index contributed by atoms with van der Waals surface area (Å²) in [6.07, 6.45) is 1.95. The molecule has 0 amide bonds. The van der Waals surface area contributed by atoms with Crippen molar-refractivity contribution in [2.45, 2.75) is 39.0 Å². The predicted octanol–water partition coefficient (Wildman–Crippen LogP) is 3.87. The molecule has 2 aliphatic rings. The van der Waals surface area contributed by atoms with Gasteiger partial charge in [0.25, 0.3) is 5.56 Å². The maximum Gasteiger partial charge on any atom is 0.279 e. The van der Waals surface area contributed by atoms with Crippen molar-refractivity contribution in [2.75, 3.05) is 18.0 Å². The van der Waals surface area contributed by atoms with Crippen molar-refractivity contribution in [2.24, 2.45) is 0 Å². The second-order valence-electron chi connectivity index (χ2n) is 8.14. The summed E-state index contributed by atoms with van der Waals surface area (Å²) in [5.41, 5.74) is 4.43. The number of hydrogen-bond donors (Lipinski definition) is 0. The van der Waals surface area contributed by atoms with E-state index in [-0.39, 0.29) is 5.56 Å². The van der Waals surface area contributed by atoms with E-state index < -0.39 is 0 Å². The van der Waals surface area contributed by atoms with Crippen LogP contribution in [0.5, 0.6) is 0 Å². The summed E-state index contributed by atoms with van der Waals surface area (Å²) in [6.45, 7) is 5.08. The Bertz CT molecular complexity index is 1090. The molecule has 0 saturated heterocycles. The summed E-state index contributed by atoms with van der Waals surface area (Å²) < 4.78 is 2.29. The number of halogens is 1. The van der Waals surface area contributed by atoms with Gasteiger partial charge in [0.1, 0.15) is 0 Å². The lowest BCUT2D eigenvalue weighted by atomic mass is 10.0. The molecule has 5 nitrogen and oxygen atoms in total. The van der Waals surface area contributed by atoms with Gasteiger partial charge >= 0.3 is 0 Å². The van der Waals surface area contributed by atoms with Crippen LogP contribution in [-0.4, -0.2) is 27.5 Å². The number of hydrogen-bond acceptors (Lipinski definition) is 4. The average molecular weight is 421 g/mol. The normalized spacial score (nSPS) is 16.2. The van der Waals surface area contributed by atoms with Crippen molar-refractivity contribution < 1.29 is 0 Å². The monoisotopic (exact) mass is 420 g/mol. The lowest BCUT2D eigenvalue weighted by Crippen LogP contribution is -2.42. The van der Waals surface area contributed by atoms with Crippen molar-refractivity contribution in [3.63, 3.8) is 0 Å². The highest BCUT2D eigenvalue weighted by Gasteiger charge is 2.27. The first-order chi connectivity index (χ1) is 14.7. The van der Waals surface area contributed by atoms with Gasteiger partial charge in [-0.25, -0.2) is 0 Å². The van der Waals surface area contributed by atoms with Gasteiger partial charge in [-0.1, -0.05) is 54.1 Å². The van der Waals surface area contributed by atoms with Crippen LogP contribution in [0.2, 0.25) is 5.02 Å². The second kappa shape index (κ2) is 8.25. The van der Waals surface area contributed by atoms with Gasteiger partial charge in [-0.2, -0.15) is 4.98 Å². The summed E-state index contributed by atoms with van der Waals surface area (Å²) in [7, 11) is 0. The Balaban J connectivity index is 1.41. The van der Waals surface area contributed by atoms with Crippen LogP contribution in [0.4, 0.5) is 5.95 Å². The molecule has 2 aromatic carbocycles. The van der Waals surface area contributed by atoms with Gasteiger partial charge in [0.05, 0.1) is 5.56 Å². The van der Waals surface area contributed by atoms with Crippen LogP contribution >= 0.6 is 11.6 Å². The van der Waals surface area contributed by atoms with Gasteiger partial charge in [-0.05, 0) is 29.7 Å². The van der Waals surface area contributed by atoms with Gasteiger partial charge in [-0.15, -0.1) is 0 Å². The second-order valence-corrected chi connectivity index (χ2v) is 8.58. The van der Waals surface area contributed by atoms with Crippen molar-refractivity contribution >= 4 is 17.5 Å². The fraction of sp³-hybridized carbons (Fsp3) is 0.333. The lowest BCUT2D eigenvalue weighted by Gasteiger charge is -2.36. The predicted molar refractivity (Wildman–Crippen MR) is 120 cm³/mol. The minimum absolute atomic E-state index is 0.0722. The van der Waals surface area contributed by atoms with Crippen molar-refractivity contribution in [1.29, 1.82) is 0 Å². The summed E-state index contributed by atoms with van der Waals surface area (Å²) in [5.74, 6) is 0.816. The number of rotatable bonds is 4. The number of anilines is 1. The van der Waals surface area contributed by atoms with E-state index in [4.69, 9.17) is 11.6 Å². The molecule has 3 heterocycles. The highest BCUT2D eigenvalue weighted by Crippen LogP contribution is 2.26. The van der Waals surface area contributed by atoms with Gasteiger partial charge < -0.3 is 9.47 Å². The first-order valence-electron chi connectivity index (χ1n) is 10.6. The molecule has 0 unspecified atom stereocenters. The van der Waals surface area contributed by atoms with Gasteiger partial charge in [0.2, 0.25) is 5.95 Å². The molecule has 0 atom stereocenters. The Labute approximate surface area is 181 Å². The Morgan fingerprint density at radius 3 is 2.47 bits per heavy atom. The van der Waals surface area contributed by atoms with Crippen LogP contribution in [0.25, 0.3) is 0 Å². The first-order valence-corrected chi connectivity index (χ1v) is 10.9. The smallest absolute Gasteiger partial charge is 0.279 e. The number of fused-ring (bicyclic) bond motifs is 3. The fourth-order valence-corrected chi connectivity index (χ4v) is 4.70. The van der Waals surface area contributed by atoms with Crippen molar-refractivity contribution in [3.8, 4) is 0 Å². The molecule has 0 fully saturated rings. The van der Waals surface area contributed by atoms with Crippen LogP contribution in [0.3, 0.4) is 0 Å². The molecule has 154 valence electrons. The number of nitrogens with zero attached hydrogens (tertiary/aromatic N) is 4. The third-order valence-corrected chi connectivity index (χ3v) is 6.30. The number of aromatic nitrogens is 2. The third-order valence-electron chi connectivity index (χ3n) is 6.05. The van der Waals surface area contributed by atoms with E-state index in [9.17, 15) is 4.79 Å². The Hall–Kier alpha value is -2.63. The molecule has 0 N–H and O–H groups in total. The Kier molecular flexibility index (Phi) is 5.32. The van der Waals surface area contributed by atoms with Gasteiger partial charge in [0, 0.05) is 56.4 Å². The molecule has 3 aromatic rings. The molecule has 0 spiro atoms. The molecular weight excluding hydrogens is 396 g/mol. The summed E-state index contributed by atoms with van der Waals surface area (Å²) in [5, 5.41) is 0.737. The van der Waals surface area contributed by atoms with Crippen LogP contribution in [0, 0.1) is 0 Å². The zero-order valence-corrected chi connectivity index (χ0v) is 17.7. The molecule has 5 rings (SSSR count). The highest BCUT2D eigenvalue weighted by molar-refractivity contribution is 6.30. The topological polar surface area (TPSA) is 41.4 Å². The van der Waals surface area contributed by atoms with Crippen LogP contribution in [0.1, 0.15) is 28.8 Å². The minimum atomic E-state index is -0.0722. The van der Waals surface area contributed by atoms with E-state index in [1.807, 2.05) is 30.3 Å². The maximum absolute atomic E-state index is 13.0. The molecular formula is C24H25ClN4O. The largest absolute Gasteiger partial charge is 0.338 e. The SMILES string of the molecule is O=c1nc2n(c3c1CN(Cc1ccccc1)CC3)CCCN2Cc1ccc(Cl)cc1. The third kappa shape index (κ3) is 3.87. The van der Waals surface area contributed by atoms with E-state index >= 15 is 0 Å². The van der Waals surface area contributed by atoms with Crippen LogP contribution < -0.4 is 10.5 Å². The Morgan fingerprint density at radius 1 is 0.900 bits per heavy atom. The molecule has 0 aliphatic carbocycles. The van der Waals surface area contributed by atoms with Gasteiger partial charge in [-0.3, -0.25) is 9.69 Å². The Morgan fingerprint density at radius 2 is 1.67 bits per heavy atom.